The van der Waals surface area contributed by atoms with Crippen LogP contribution in [0.2, 0.25) is 0 Å². The smallest absolute Gasteiger partial charge is 0.419 e. The molecule has 2 nitrogen and oxygen atoms in total. The fourth-order valence-electron chi connectivity index (χ4n) is 3.03. The van der Waals surface area contributed by atoms with Crippen LogP contribution in [0.3, 0.4) is 0 Å². The SMILES string of the molecule is CC(C)(CC1(C(F)(F)F)CO1)c1cc(Br)cc2c1OCC2. The number of fused-ring (bicyclic) bond motifs is 1. The Morgan fingerprint density at radius 3 is 2.52 bits per heavy atom. The number of benzene rings is 1. The molecular formula is C15H16BrF3O2. The van der Waals surface area contributed by atoms with E-state index in [1.165, 1.54) is 0 Å². The van der Waals surface area contributed by atoms with Gasteiger partial charge in [0.1, 0.15) is 5.75 Å². The number of alkyl halides is 3. The summed E-state index contributed by atoms with van der Waals surface area (Å²) in [5.74, 6) is 0.737. The first-order valence-electron chi connectivity index (χ1n) is 6.81. The molecule has 2 heterocycles. The summed E-state index contributed by atoms with van der Waals surface area (Å²) in [7, 11) is 0. The number of rotatable bonds is 3. The third kappa shape index (κ3) is 2.57. The van der Waals surface area contributed by atoms with Crippen molar-refractivity contribution in [2.24, 2.45) is 0 Å². The molecule has 0 spiro atoms. The lowest BCUT2D eigenvalue weighted by Gasteiger charge is -2.31. The summed E-state index contributed by atoms with van der Waals surface area (Å²) in [4.78, 5) is 0. The Labute approximate surface area is 129 Å². The molecule has 1 saturated heterocycles. The molecule has 0 saturated carbocycles. The minimum Gasteiger partial charge on any atom is -0.493 e. The first-order valence-corrected chi connectivity index (χ1v) is 7.60. The van der Waals surface area contributed by atoms with E-state index >= 15 is 0 Å². The Hall–Kier alpha value is -0.750. The third-order valence-electron chi connectivity index (χ3n) is 4.21. The van der Waals surface area contributed by atoms with Crippen molar-refractivity contribution < 1.29 is 22.6 Å². The van der Waals surface area contributed by atoms with Crippen molar-refractivity contribution in [2.45, 2.75) is 43.9 Å². The van der Waals surface area contributed by atoms with E-state index in [1.807, 2.05) is 26.0 Å². The molecule has 1 fully saturated rings. The summed E-state index contributed by atoms with van der Waals surface area (Å²) in [6.07, 6.45) is -3.64. The Morgan fingerprint density at radius 1 is 1.29 bits per heavy atom. The average Bonchev–Trinajstić information content (AvgIpc) is 2.98. The van der Waals surface area contributed by atoms with Gasteiger partial charge in [-0.1, -0.05) is 29.8 Å². The molecule has 0 radical (unpaired) electrons. The highest BCUT2D eigenvalue weighted by molar-refractivity contribution is 9.10. The average molecular weight is 365 g/mol. The molecule has 0 amide bonds. The predicted octanol–water partition coefficient (Wildman–Crippen LogP) is 4.38. The monoisotopic (exact) mass is 364 g/mol. The molecule has 2 aliphatic rings. The molecule has 0 bridgehead atoms. The van der Waals surface area contributed by atoms with Crippen molar-refractivity contribution in [1.29, 1.82) is 0 Å². The van der Waals surface area contributed by atoms with Gasteiger partial charge in [-0.15, -0.1) is 0 Å². The van der Waals surface area contributed by atoms with E-state index in [0.29, 0.717) is 6.61 Å². The van der Waals surface area contributed by atoms with E-state index in [4.69, 9.17) is 9.47 Å². The van der Waals surface area contributed by atoms with Crippen molar-refractivity contribution in [3.05, 3.63) is 27.7 Å². The molecule has 1 aromatic rings. The van der Waals surface area contributed by atoms with Crippen LogP contribution in [0.25, 0.3) is 0 Å². The van der Waals surface area contributed by atoms with Crippen molar-refractivity contribution >= 4 is 15.9 Å². The summed E-state index contributed by atoms with van der Waals surface area (Å²) >= 11 is 3.43. The lowest BCUT2D eigenvalue weighted by Crippen LogP contribution is -2.39. The van der Waals surface area contributed by atoms with Gasteiger partial charge in [0.15, 0.2) is 5.60 Å². The number of hydrogen-bond donors (Lipinski definition) is 0. The maximum Gasteiger partial charge on any atom is 0.419 e. The van der Waals surface area contributed by atoms with Crippen molar-refractivity contribution in [3.8, 4) is 5.75 Å². The quantitative estimate of drug-likeness (QED) is 0.742. The fourth-order valence-corrected chi connectivity index (χ4v) is 3.54. The minimum absolute atomic E-state index is 0.101. The van der Waals surface area contributed by atoms with E-state index in [9.17, 15) is 13.2 Å². The van der Waals surface area contributed by atoms with Gasteiger partial charge in [0.2, 0.25) is 0 Å². The van der Waals surface area contributed by atoms with Crippen LogP contribution < -0.4 is 4.74 Å². The first kappa shape index (κ1) is 15.2. The van der Waals surface area contributed by atoms with Gasteiger partial charge >= 0.3 is 6.18 Å². The lowest BCUT2D eigenvalue weighted by atomic mass is 9.76. The summed E-state index contributed by atoms with van der Waals surface area (Å²) in [5, 5.41) is 0. The molecule has 116 valence electrons. The van der Waals surface area contributed by atoms with E-state index in [0.717, 1.165) is 27.8 Å². The van der Waals surface area contributed by atoms with Crippen LogP contribution in [-0.4, -0.2) is 25.0 Å². The third-order valence-corrected chi connectivity index (χ3v) is 4.67. The van der Waals surface area contributed by atoms with Crippen LogP contribution in [-0.2, 0) is 16.6 Å². The zero-order valence-electron chi connectivity index (χ0n) is 11.8. The largest absolute Gasteiger partial charge is 0.493 e. The molecule has 1 unspecified atom stereocenters. The van der Waals surface area contributed by atoms with E-state index in [1.54, 1.807) is 0 Å². The van der Waals surface area contributed by atoms with Gasteiger partial charge in [-0.2, -0.15) is 13.2 Å². The number of ether oxygens (including phenoxy) is 2. The Morgan fingerprint density at radius 2 is 1.95 bits per heavy atom. The molecule has 21 heavy (non-hydrogen) atoms. The summed E-state index contributed by atoms with van der Waals surface area (Å²) < 4.78 is 50.7. The van der Waals surface area contributed by atoms with Gasteiger partial charge < -0.3 is 9.47 Å². The maximum atomic E-state index is 13.1. The Bertz CT molecular complexity index is 577. The molecular weight excluding hydrogens is 349 g/mol. The molecule has 1 atom stereocenters. The minimum atomic E-state index is -4.33. The Kier molecular flexibility index (Phi) is 3.34. The molecule has 0 N–H and O–H groups in total. The van der Waals surface area contributed by atoms with Gasteiger partial charge in [-0.05, 0) is 29.5 Å². The van der Waals surface area contributed by atoms with Gasteiger partial charge in [0.25, 0.3) is 0 Å². The predicted molar refractivity (Wildman–Crippen MR) is 75.7 cm³/mol. The van der Waals surface area contributed by atoms with Gasteiger partial charge in [-0.3, -0.25) is 0 Å². The van der Waals surface area contributed by atoms with Crippen molar-refractivity contribution in [2.75, 3.05) is 13.2 Å². The number of epoxide rings is 1. The molecule has 6 heteroatoms. The van der Waals surface area contributed by atoms with Crippen LogP contribution in [0.15, 0.2) is 16.6 Å². The van der Waals surface area contributed by atoms with Gasteiger partial charge in [-0.25, -0.2) is 0 Å². The van der Waals surface area contributed by atoms with Crippen molar-refractivity contribution in [3.63, 3.8) is 0 Å². The molecule has 0 aromatic heterocycles. The second-order valence-corrected chi connectivity index (χ2v) is 7.30. The second kappa shape index (κ2) is 4.62. The van der Waals surface area contributed by atoms with E-state index < -0.39 is 17.2 Å². The highest BCUT2D eigenvalue weighted by Crippen LogP contribution is 2.52. The highest BCUT2D eigenvalue weighted by atomic mass is 79.9. The molecule has 3 rings (SSSR count). The van der Waals surface area contributed by atoms with Gasteiger partial charge in [0.05, 0.1) is 13.2 Å². The van der Waals surface area contributed by atoms with Crippen molar-refractivity contribution in [1.82, 2.24) is 0 Å². The van der Waals surface area contributed by atoms with Gasteiger partial charge in [0, 0.05) is 16.5 Å². The normalized spacial score (nSPS) is 24.7. The second-order valence-electron chi connectivity index (χ2n) is 6.38. The summed E-state index contributed by atoms with van der Waals surface area (Å²) in [6.45, 7) is 3.95. The van der Waals surface area contributed by atoms with Crippen LogP contribution in [0, 0.1) is 0 Å². The zero-order chi connectivity index (χ0) is 15.5. The standard InChI is InChI=1S/C15H16BrF3O2/c1-13(2,7-14(8-21-14)15(17,18)19)11-6-10(16)5-9-3-4-20-12(9)11/h5-6H,3-4,7-8H2,1-2H3. The lowest BCUT2D eigenvalue weighted by molar-refractivity contribution is -0.188. The molecule has 2 aliphatic heterocycles. The summed E-state index contributed by atoms with van der Waals surface area (Å²) in [6, 6.07) is 3.83. The van der Waals surface area contributed by atoms with Crippen LogP contribution in [0.5, 0.6) is 5.75 Å². The summed E-state index contributed by atoms with van der Waals surface area (Å²) in [5.41, 5.74) is -0.831. The fraction of sp³-hybridized carbons (Fsp3) is 0.600. The maximum absolute atomic E-state index is 13.1. The van der Waals surface area contributed by atoms with E-state index in [-0.39, 0.29) is 13.0 Å². The number of halogens is 4. The molecule has 1 aromatic carbocycles. The van der Waals surface area contributed by atoms with Crippen LogP contribution >= 0.6 is 15.9 Å². The Balaban J connectivity index is 1.96. The van der Waals surface area contributed by atoms with Crippen LogP contribution in [0.4, 0.5) is 13.2 Å². The van der Waals surface area contributed by atoms with Crippen LogP contribution in [0.1, 0.15) is 31.4 Å². The topological polar surface area (TPSA) is 21.8 Å². The van der Waals surface area contributed by atoms with E-state index in [2.05, 4.69) is 15.9 Å². The first-order chi connectivity index (χ1) is 9.65. The number of hydrogen-bond acceptors (Lipinski definition) is 2. The highest BCUT2D eigenvalue weighted by Gasteiger charge is 2.67. The zero-order valence-corrected chi connectivity index (χ0v) is 13.4. The molecule has 0 aliphatic carbocycles.